The van der Waals surface area contributed by atoms with Gasteiger partial charge >= 0.3 is 0 Å². The molecule has 9 aromatic carbocycles. The number of aromatic nitrogens is 1. The lowest BCUT2D eigenvalue weighted by Gasteiger charge is -2.28. The normalized spacial score (nSPS) is 11.5. The third-order valence-corrected chi connectivity index (χ3v) is 11.5. The number of hydrogen-bond donors (Lipinski definition) is 0. The molecule has 0 radical (unpaired) electrons. The molecule has 0 bridgehead atoms. The Morgan fingerprint density at radius 1 is 0.397 bits per heavy atom. The van der Waals surface area contributed by atoms with Gasteiger partial charge in [-0.15, -0.1) is 0 Å². The monoisotopic (exact) mass is 742 g/mol. The molecule has 0 aliphatic heterocycles. The molecule has 274 valence electrons. The van der Waals surface area contributed by atoms with Crippen LogP contribution < -0.4 is 4.90 Å². The van der Waals surface area contributed by atoms with Crippen LogP contribution in [-0.2, 0) is 0 Å². The highest BCUT2D eigenvalue weighted by Crippen LogP contribution is 2.46. The number of fused-ring (bicyclic) bond motifs is 6. The van der Waals surface area contributed by atoms with Crippen LogP contribution in [0.25, 0.3) is 82.8 Å². The van der Waals surface area contributed by atoms with Gasteiger partial charge in [0.1, 0.15) is 11.2 Å². The summed E-state index contributed by atoms with van der Waals surface area (Å²) >= 11 is 0. The Morgan fingerprint density at radius 3 is 1.59 bits per heavy atom. The smallest absolute Gasteiger partial charge is 0.143 e. The van der Waals surface area contributed by atoms with Crippen LogP contribution in [0.1, 0.15) is 5.56 Å². The fraction of sp³-hybridized carbons (Fsp3) is 0.0182. The maximum atomic E-state index is 6.74. The Bertz CT molecular complexity index is 3220. The maximum Gasteiger partial charge on any atom is 0.143 e. The molecule has 0 N–H and O–H groups in total. The van der Waals surface area contributed by atoms with Gasteiger partial charge in [-0.25, -0.2) is 0 Å². The maximum absolute atomic E-state index is 6.74. The lowest BCUT2D eigenvalue weighted by atomic mass is 9.90. The number of aryl methyl sites for hydroxylation is 1. The molecule has 0 atom stereocenters. The molecule has 58 heavy (non-hydrogen) atoms. The van der Waals surface area contributed by atoms with Crippen molar-refractivity contribution >= 4 is 60.8 Å². The first-order chi connectivity index (χ1) is 28.7. The zero-order valence-electron chi connectivity index (χ0n) is 32.0. The first kappa shape index (κ1) is 33.7. The van der Waals surface area contributed by atoms with Gasteiger partial charge in [0.15, 0.2) is 0 Å². The van der Waals surface area contributed by atoms with E-state index in [1.54, 1.807) is 0 Å². The van der Waals surface area contributed by atoms with Crippen molar-refractivity contribution in [2.24, 2.45) is 0 Å². The lowest BCUT2D eigenvalue weighted by molar-refractivity contribution is 0.670. The van der Waals surface area contributed by atoms with Crippen LogP contribution in [0.4, 0.5) is 17.1 Å². The Hall–Kier alpha value is -7.62. The molecular formula is C55H38N2O. The molecule has 0 saturated carbocycles. The summed E-state index contributed by atoms with van der Waals surface area (Å²) in [5, 5.41) is 4.68. The summed E-state index contributed by atoms with van der Waals surface area (Å²) in [4.78, 5) is 2.39. The van der Waals surface area contributed by atoms with Crippen molar-refractivity contribution in [2.75, 3.05) is 4.90 Å². The molecule has 11 aromatic rings. The fourth-order valence-electron chi connectivity index (χ4n) is 8.90. The molecule has 3 heteroatoms. The van der Waals surface area contributed by atoms with E-state index in [-0.39, 0.29) is 0 Å². The number of benzene rings is 9. The van der Waals surface area contributed by atoms with Crippen LogP contribution in [0.2, 0.25) is 0 Å². The van der Waals surface area contributed by atoms with Crippen molar-refractivity contribution in [3.05, 3.63) is 218 Å². The summed E-state index contributed by atoms with van der Waals surface area (Å²) in [5.41, 5.74) is 16.6. The van der Waals surface area contributed by atoms with Gasteiger partial charge in [-0.1, -0.05) is 146 Å². The van der Waals surface area contributed by atoms with E-state index in [1.165, 1.54) is 49.6 Å². The minimum Gasteiger partial charge on any atom is -0.455 e. The van der Waals surface area contributed by atoms with Crippen molar-refractivity contribution in [3.63, 3.8) is 0 Å². The summed E-state index contributed by atoms with van der Waals surface area (Å²) in [6.45, 7) is 2.23. The Kier molecular flexibility index (Phi) is 8.04. The molecule has 2 heterocycles. The number of furan rings is 1. The number of anilines is 3. The largest absolute Gasteiger partial charge is 0.455 e. The van der Waals surface area contributed by atoms with E-state index in [9.17, 15) is 0 Å². The molecule has 0 unspecified atom stereocenters. The zero-order valence-corrected chi connectivity index (χ0v) is 32.0. The van der Waals surface area contributed by atoms with E-state index in [0.29, 0.717) is 0 Å². The van der Waals surface area contributed by atoms with Crippen LogP contribution >= 0.6 is 0 Å². The van der Waals surface area contributed by atoms with Gasteiger partial charge < -0.3 is 13.9 Å². The van der Waals surface area contributed by atoms with E-state index >= 15 is 0 Å². The molecule has 0 saturated heterocycles. The first-order valence-electron chi connectivity index (χ1n) is 19.8. The third-order valence-electron chi connectivity index (χ3n) is 11.5. The predicted molar refractivity (Wildman–Crippen MR) is 244 cm³/mol. The van der Waals surface area contributed by atoms with Gasteiger partial charge in [0.2, 0.25) is 0 Å². The minimum absolute atomic E-state index is 0.874. The second kappa shape index (κ2) is 13.8. The fourth-order valence-corrected chi connectivity index (χ4v) is 8.90. The predicted octanol–water partition coefficient (Wildman–Crippen LogP) is 15.5. The lowest BCUT2D eigenvalue weighted by Crippen LogP contribution is -2.11. The van der Waals surface area contributed by atoms with Crippen molar-refractivity contribution in [1.82, 2.24) is 4.57 Å². The summed E-state index contributed by atoms with van der Waals surface area (Å²) in [5.74, 6) is 0. The molecule has 11 rings (SSSR count). The van der Waals surface area contributed by atoms with E-state index in [1.807, 2.05) is 6.07 Å². The van der Waals surface area contributed by atoms with Gasteiger partial charge in [-0.2, -0.15) is 0 Å². The van der Waals surface area contributed by atoms with Gasteiger partial charge in [0.25, 0.3) is 0 Å². The van der Waals surface area contributed by atoms with Crippen LogP contribution in [0, 0.1) is 6.92 Å². The zero-order chi connectivity index (χ0) is 38.6. The molecule has 0 aliphatic rings. The van der Waals surface area contributed by atoms with Gasteiger partial charge in [0.05, 0.1) is 11.0 Å². The first-order valence-corrected chi connectivity index (χ1v) is 19.8. The van der Waals surface area contributed by atoms with Crippen molar-refractivity contribution in [3.8, 4) is 39.1 Å². The quantitative estimate of drug-likeness (QED) is 0.162. The summed E-state index contributed by atoms with van der Waals surface area (Å²) in [6, 6.07) is 76.1. The molecule has 0 fully saturated rings. The van der Waals surface area contributed by atoms with E-state index in [2.05, 4.69) is 223 Å². The second-order valence-electron chi connectivity index (χ2n) is 15.0. The molecule has 0 amide bonds. The Morgan fingerprint density at radius 2 is 0.914 bits per heavy atom. The standard InChI is InChI=1S/C55H38N2O/c1-37-33-43(34-48(38-17-5-2-6-18-38)54(37)40-19-7-3-8-20-40)56(41-21-9-4-10-22-41)44-35-49(55-50(36-44)47-25-13-16-28-53(47)58-55)39-29-31-42(32-30-39)57-51-26-14-11-23-45(51)46-24-12-15-27-52(46)57/h2-36H,1H3. The topological polar surface area (TPSA) is 21.3 Å². The third kappa shape index (κ3) is 5.59. The molecule has 0 spiro atoms. The van der Waals surface area contributed by atoms with Crippen LogP contribution in [0.3, 0.4) is 0 Å². The Balaban J connectivity index is 1.13. The van der Waals surface area contributed by atoms with Crippen molar-refractivity contribution < 1.29 is 4.42 Å². The second-order valence-corrected chi connectivity index (χ2v) is 15.0. The summed E-state index contributed by atoms with van der Waals surface area (Å²) in [6.07, 6.45) is 0. The number of nitrogens with zero attached hydrogens (tertiary/aromatic N) is 2. The SMILES string of the molecule is Cc1cc(N(c2ccccc2)c2cc(-c3ccc(-n4c5ccccc5c5ccccc54)cc3)c3oc4ccccc4c3c2)cc(-c2ccccc2)c1-c1ccccc1. The van der Waals surface area contributed by atoms with Crippen molar-refractivity contribution in [2.45, 2.75) is 6.92 Å². The molecule has 0 aliphatic carbocycles. The van der Waals surface area contributed by atoms with Gasteiger partial charge in [0, 0.05) is 49.9 Å². The van der Waals surface area contributed by atoms with E-state index in [4.69, 9.17) is 4.42 Å². The number of para-hydroxylation sites is 4. The number of rotatable bonds is 7. The van der Waals surface area contributed by atoms with Crippen molar-refractivity contribution in [1.29, 1.82) is 0 Å². The highest BCUT2D eigenvalue weighted by atomic mass is 16.3. The average molecular weight is 743 g/mol. The van der Waals surface area contributed by atoms with E-state index < -0.39 is 0 Å². The highest BCUT2D eigenvalue weighted by molar-refractivity contribution is 6.12. The summed E-state index contributed by atoms with van der Waals surface area (Å²) < 4.78 is 9.10. The number of hydrogen-bond acceptors (Lipinski definition) is 2. The van der Waals surface area contributed by atoms with Gasteiger partial charge in [-0.3, -0.25) is 0 Å². The van der Waals surface area contributed by atoms with Crippen LogP contribution in [-0.4, -0.2) is 4.57 Å². The van der Waals surface area contributed by atoms with Gasteiger partial charge in [-0.05, 0) is 107 Å². The average Bonchev–Trinajstić information content (AvgIpc) is 3.83. The van der Waals surface area contributed by atoms with Crippen LogP contribution in [0.5, 0.6) is 0 Å². The minimum atomic E-state index is 0.874. The molecule has 3 nitrogen and oxygen atoms in total. The van der Waals surface area contributed by atoms with Crippen LogP contribution in [0.15, 0.2) is 217 Å². The highest BCUT2D eigenvalue weighted by Gasteiger charge is 2.22. The van der Waals surface area contributed by atoms with E-state index in [0.717, 1.165) is 55.8 Å². The summed E-state index contributed by atoms with van der Waals surface area (Å²) in [7, 11) is 0. The Labute approximate surface area is 337 Å². The molecule has 2 aromatic heterocycles. The molecular weight excluding hydrogens is 705 g/mol.